The van der Waals surface area contributed by atoms with Gasteiger partial charge in [-0.1, -0.05) is 19.1 Å². The molecular formula is C18H23FN4O2. The second-order valence-electron chi connectivity index (χ2n) is 5.91. The van der Waals surface area contributed by atoms with E-state index in [0.29, 0.717) is 24.6 Å². The molecule has 0 aliphatic heterocycles. The molecule has 0 saturated carbocycles. The third kappa shape index (κ3) is 5.49. The van der Waals surface area contributed by atoms with Crippen LogP contribution in [0.25, 0.3) is 0 Å². The summed E-state index contributed by atoms with van der Waals surface area (Å²) in [5.74, 6) is 0.0897. The molecule has 1 heterocycles. The maximum absolute atomic E-state index is 12.9. The first-order chi connectivity index (χ1) is 11.9. The van der Waals surface area contributed by atoms with E-state index in [1.54, 1.807) is 19.1 Å². The maximum Gasteiger partial charge on any atom is 0.251 e. The van der Waals surface area contributed by atoms with Gasteiger partial charge in [-0.3, -0.25) is 14.5 Å². The Morgan fingerprint density at radius 2 is 2.04 bits per heavy atom. The number of aromatic amines is 1. The van der Waals surface area contributed by atoms with Crippen molar-refractivity contribution in [2.24, 2.45) is 0 Å². The summed E-state index contributed by atoms with van der Waals surface area (Å²) in [4.78, 5) is 32.8. The fourth-order valence-corrected chi connectivity index (χ4v) is 2.54. The normalized spacial score (nSPS) is 12.2. The molecule has 0 saturated heterocycles. The molecule has 7 heteroatoms. The van der Waals surface area contributed by atoms with E-state index < -0.39 is 0 Å². The number of carbonyl (C=O) groups excluding carboxylic acids is 1. The number of rotatable bonds is 7. The Morgan fingerprint density at radius 3 is 2.64 bits per heavy atom. The van der Waals surface area contributed by atoms with Gasteiger partial charge in [-0.2, -0.15) is 0 Å². The first-order valence-corrected chi connectivity index (χ1v) is 8.22. The Labute approximate surface area is 146 Å². The molecule has 2 aromatic rings. The number of nitrogens with one attached hydrogen (secondary N) is 2. The fraction of sp³-hybridized carbons (Fsp3) is 0.389. The zero-order chi connectivity index (χ0) is 18.4. The zero-order valence-corrected chi connectivity index (χ0v) is 14.7. The topological polar surface area (TPSA) is 78.1 Å². The van der Waals surface area contributed by atoms with Gasteiger partial charge in [0.1, 0.15) is 11.6 Å². The van der Waals surface area contributed by atoms with Crippen LogP contribution in [0.2, 0.25) is 0 Å². The molecule has 0 radical (unpaired) electrons. The van der Waals surface area contributed by atoms with Crippen LogP contribution in [-0.2, 0) is 11.3 Å². The highest BCUT2D eigenvalue weighted by Gasteiger charge is 2.19. The molecule has 2 rings (SSSR count). The smallest absolute Gasteiger partial charge is 0.251 e. The van der Waals surface area contributed by atoms with E-state index in [9.17, 15) is 14.0 Å². The third-order valence-electron chi connectivity index (χ3n) is 3.99. The molecule has 1 unspecified atom stereocenters. The standard InChI is InChI=1S/C18H23FN4O2/c1-4-23(13(3)18-21-12(2)9-16(24)22-18)11-17(25)20-10-14-5-7-15(19)8-6-14/h5-9,13H,4,10-11H2,1-3H3,(H,20,25)(H,21,22,24). The number of benzene rings is 1. The number of amides is 1. The van der Waals surface area contributed by atoms with Gasteiger partial charge < -0.3 is 10.3 Å². The van der Waals surface area contributed by atoms with Crippen molar-refractivity contribution in [3.05, 3.63) is 63.6 Å². The number of hydrogen-bond donors (Lipinski definition) is 2. The number of aromatic nitrogens is 2. The van der Waals surface area contributed by atoms with Crippen LogP contribution in [0, 0.1) is 12.7 Å². The lowest BCUT2D eigenvalue weighted by Gasteiger charge is -2.26. The highest BCUT2D eigenvalue weighted by atomic mass is 19.1. The molecule has 0 aliphatic carbocycles. The minimum Gasteiger partial charge on any atom is -0.351 e. The summed E-state index contributed by atoms with van der Waals surface area (Å²) in [7, 11) is 0. The number of carbonyl (C=O) groups is 1. The van der Waals surface area contributed by atoms with E-state index in [0.717, 1.165) is 5.56 Å². The number of nitrogens with zero attached hydrogens (tertiary/aromatic N) is 2. The monoisotopic (exact) mass is 346 g/mol. The average Bonchev–Trinajstić information content (AvgIpc) is 2.57. The molecule has 25 heavy (non-hydrogen) atoms. The van der Waals surface area contributed by atoms with Crippen molar-refractivity contribution in [1.82, 2.24) is 20.2 Å². The van der Waals surface area contributed by atoms with E-state index in [1.165, 1.54) is 18.2 Å². The molecule has 0 aliphatic rings. The van der Waals surface area contributed by atoms with Crippen LogP contribution in [0.5, 0.6) is 0 Å². The predicted molar refractivity (Wildman–Crippen MR) is 93.5 cm³/mol. The van der Waals surface area contributed by atoms with Crippen LogP contribution >= 0.6 is 0 Å². The SMILES string of the molecule is CCN(CC(=O)NCc1ccc(F)cc1)C(C)c1nc(C)cc(=O)[nH]1. The van der Waals surface area contributed by atoms with Crippen LogP contribution in [0.4, 0.5) is 4.39 Å². The Kier molecular flexibility index (Phi) is 6.41. The molecule has 0 spiro atoms. The van der Waals surface area contributed by atoms with E-state index in [2.05, 4.69) is 15.3 Å². The molecule has 2 N–H and O–H groups in total. The Morgan fingerprint density at radius 1 is 1.36 bits per heavy atom. The fourth-order valence-electron chi connectivity index (χ4n) is 2.54. The van der Waals surface area contributed by atoms with Crippen molar-refractivity contribution in [2.75, 3.05) is 13.1 Å². The second kappa shape index (κ2) is 8.53. The van der Waals surface area contributed by atoms with Gasteiger partial charge in [0, 0.05) is 18.3 Å². The summed E-state index contributed by atoms with van der Waals surface area (Å²) in [6.45, 7) is 6.74. The van der Waals surface area contributed by atoms with Gasteiger partial charge in [0.2, 0.25) is 5.91 Å². The van der Waals surface area contributed by atoms with Crippen molar-refractivity contribution in [2.45, 2.75) is 33.4 Å². The highest BCUT2D eigenvalue weighted by molar-refractivity contribution is 5.78. The molecule has 1 atom stereocenters. The lowest BCUT2D eigenvalue weighted by molar-refractivity contribution is -0.122. The number of halogens is 1. The first kappa shape index (κ1) is 18.8. The van der Waals surface area contributed by atoms with Crippen molar-refractivity contribution < 1.29 is 9.18 Å². The lowest BCUT2D eigenvalue weighted by Crippen LogP contribution is -2.39. The van der Waals surface area contributed by atoms with E-state index >= 15 is 0 Å². The van der Waals surface area contributed by atoms with E-state index in [4.69, 9.17) is 0 Å². The summed E-state index contributed by atoms with van der Waals surface area (Å²) in [5, 5.41) is 2.82. The number of likely N-dealkylation sites (N-methyl/N-ethyl adjacent to an activating group) is 1. The Hall–Kier alpha value is -2.54. The quantitative estimate of drug-likeness (QED) is 0.803. The number of hydrogen-bond acceptors (Lipinski definition) is 4. The molecule has 1 aromatic heterocycles. The number of H-pyrrole nitrogens is 1. The van der Waals surface area contributed by atoms with Crippen LogP contribution in [0.15, 0.2) is 35.1 Å². The summed E-state index contributed by atoms with van der Waals surface area (Å²) >= 11 is 0. The third-order valence-corrected chi connectivity index (χ3v) is 3.99. The minimum atomic E-state index is -0.305. The summed E-state index contributed by atoms with van der Waals surface area (Å²) in [5.41, 5.74) is 1.27. The molecule has 0 bridgehead atoms. The highest BCUT2D eigenvalue weighted by Crippen LogP contribution is 2.15. The first-order valence-electron chi connectivity index (χ1n) is 8.22. The van der Waals surface area contributed by atoms with Crippen molar-refractivity contribution >= 4 is 5.91 Å². The van der Waals surface area contributed by atoms with Crippen molar-refractivity contribution in [3.8, 4) is 0 Å². The largest absolute Gasteiger partial charge is 0.351 e. The van der Waals surface area contributed by atoms with Crippen LogP contribution in [-0.4, -0.2) is 33.9 Å². The predicted octanol–water partition coefficient (Wildman–Crippen LogP) is 1.92. The molecule has 1 aromatic carbocycles. The minimum absolute atomic E-state index is 0.145. The van der Waals surface area contributed by atoms with Crippen LogP contribution in [0.3, 0.4) is 0 Å². The average molecular weight is 346 g/mol. The second-order valence-corrected chi connectivity index (χ2v) is 5.91. The number of aryl methyl sites for hydroxylation is 1. The molecule has 0 fully saturated rings. The van der Waals surface area contributed by atoms with Gasteiger partial charge >= 0.3 is 0 Å². The van der Waals surface area contributed by atoms with Gasteiger partial charge in [-0.05, 0) is 38.1 Å². The Balaban J connectivity index is 1.96. The van der Waals surface area contributed by atoms with E-state index in [1.807, 2.05) is 18.7 Å². The van der Waals surface area contributed by atoms with Crippen LogP contribution < -0.4 is 10.9 Å². The van der Waals surface area contributed by atoms with Gasteiger partial charge in [0.15, 0.2) is 0 Å². The van der Waals surface area contributed by atoms with Gasteiger partial charge in [-0.15, -0.1) is 0 Å². The van der Waals surface area contributed by atoms with Gasteiger partial charge in [0.05, 0.1) is 12.6 Å². The molecule has 134 valence electrons. The van der Waals surface area contributed by atoms with Crippen molar-refractivity contribution in [1.29, 1.82) is 0 Å². The van der Waals surface area contributed by atoms with Crippen LogP contribution in [0.1, 0.15) is 37.0 Å². The maximum atomic E-state index is 12.9. The molecule has 6 nitrogen and oxygen atoms in total. The zero-order valence-electron chi connectivity index (χ0n) is 14.7. The van der Waals surface area contributed by atoms with Gasteiger partial charge in [0.25, 0.3) is 5.56 Å². The Bertz CT molecular complexity index is 773. The van der Waals surface area contributed by atoms with Gasteiger partial charge in [-0.25, -0.2) is 9.37 Å². The molecule has 1 amide bonds. The lowest BCUT2D eigenvalue weighted by atomic mass is 10.2. The van der Waals surface area contributed by atoms with E-state index in [-0.39, 0.29) is 29.9 Å². The summed E-state index contributed by atoms with van der Waals surface area (Å²) in [6.07, 6.45) is 0. The van der Waals surface area contributed by atoms with Crippen molar-refractivity contribution in [3.63, 3.8) is 0 Å². The summed E-state index contributed by atoms with van der Waals surface area (Å²) in [6, 6.07) is 7.23. The summed E-state index contributed by atoms with van der Waals surface area (Å²) < 4.78 is 12.9. The molecular weight excluding hydrogens is 323 g/mol.